The van der Waals surface area contributed by atoms with Crippen LogP contribution in [0.4, 0.5) is 9.93 Å². The molecule has 2 aromatic rings. The highest BCUT2D eigenvalue weighted by Crippen LogP contribution is 2.29. The average Bonchev–Trinajstić information content (AvgIpc) is 2.58. The molecule has 78 valence electrons. The monoisotopic (exact) mass is 239 g/mol. The maximum absolute atomic E-state index is 10.9. The highest BCUT2D eigenvalue weighted by molar-refractivity contribution is 7.83. The van der Waals surface area contributed by atoms with Gasteiger partial charge >= 0.3 is 6.03 Å². The Balaban J connectivity index is 2.51. The molecule has 0 aliphatic rings. The summed E-state index contributed by atoms with van der Waals surface area (Å²) in [5.74, 6) is 0. The second-order valence-electron chi connectivity index (χ2n) is 3.12. The van der Waals surface area contributed by atoms with Gasteiger partial charge in [-0.1, -0.05) is 30.2 Å². The summed E-state index contributed by atoms with van der Waals surface area (Å²) in [6.07, 6.45) is 0. The van der Waals surface area contributed by atoms with E-state index >= 15 is 0 Å². The van der Waals surface area contributed by atoms with Crippen LogP contribution in [0, 0.1) is 6.92 Å². The molecule has 6 heteroatoms. The van der Waals surface area contributed by atoms with E-state index < -0.39 is 6.03 Å². The van der Waals surface area contributed by atoms with Crippen molar-refractivity contribution in [2.24, 2.45) is 5.73 Å². The van der Waals surface area contributed by atoms with Crippen molar-refractivity contribution in [1.82, 2.24) is 4.98 Å². The molecular weight excluding hydrogens is 230 g/mol. The molecule has 4 nitrogen and oxygen atoms in total. The van der Waals surface area contributed by atoms with E-state index in [0.717, 1.165) is 20.1 Å². The van der Waals surface area contributed by atoms with Gasteiger partial charge in [-0.3, -0.25) is 0 Å². The minimum Gasteiger partial charge on any atom is -0.350 e. The molecular formula is C9H9N3OS2. The molecule has 2 rings (SSSR count). The van der Waals surface area contributed by atoms with Crippen LogP contribution in [0.3, 0.4) is 0 Å². The molecule has 1 heterocycles. The fourth-order valence-corrected chi connectivity index (χ4v) is 2.35. The van der Waals surface area contributed by atoms with Crippen LogP contribution in [0.2, 0.25) is 0 Å². The van der Waals surface area contributed by atoms with Gasteiger partial charge in [-0.15, -0.1) is 0 Å². The first-order chi connectivity index (χ1) is 7.08. The third kappa shape index (κ3) is 1.91. The third-order valence-corrected chi connectivity index (χ3v) is 3.45. The van der Waals surface area contributed by atoms with Crippen molar-refractivity contribution in [3.63, 3.8) is 0 Å². The molecule has 0 bridgehead atoms. The smallest absolute Gasteiger partial charge is 0.331 e. The van der Waals surface area contributed by atoms with Crippen molar-refractivity contribution >= 4 is 45.5 Å². The zero-order valence-corrected chi connectivity index (χ0v) is 9.68. The van der Waals surface area contributed by atoms with Gasteiger partial charge < -0.3 is 5.73 Å². The largest absolute Gasteiger partial charge is 0.350 e. The van der Waals surface area contributed by atoms with Crippen molar-refractivity contribution in [3.8, 4) is 0 Å². The third-order valence-electron chi connectivity index (χ3n) is 1.92. The van der Waals surface area contributed by atoms with Crippen LogP contribution < -0.4 is 10.0 Å². The van der Waals surface area contributed by atoms with Gasteiger partial charge in [0.2, 0.25) is 5.13 Å². The molecule has 0 aliphatic heterocycles. The molecule has 15 heavy (non-hydrogen) atoms. The van der Waals surface area contributed by atoms with Crippen LogP contribution in [-0.4, -0.2) is 11.0 Å². The Labute approximate surface area is 96.3 Å². The molecule has 0 atom stereocenters. The van der Waals surface area contributed by atoms with Gasteiger partial charge in [-0.2, -0.15) is 0 Å². The fourth-order valence-electron chi connectivity index (χ4n) is 1.20. The first-order valence-corrected chi connectivity index (χ1v) is 5.45. The maximum Gasteiger partial charge on any atom is 0.331 e. The standard InChI is InChI=1S/C9H9N3OS2/c1-5-2-3-6-7(4-5)15-9(11-6)12(14)8(10)13/h2-4,14H,1H3,(H2,10,13). The number of nitrogens with two attached hydrogens (primary N) is 1. The summed E-state index contributed by atoms with van der Waals surface area (Å²) in [4.78, 5) is 15.1. The summed E-state index contributed by atoms with van der Waals surface area (Å²) >= 11 is 5.34. The molecule has 0 fully saturated rings. The number of carbonyl (C=O) groups is 1. The number of aromatic nitrogens is 1. The van der Waals surface area contributed by atoms with Crippen molar-refractivity contribution in [2.45, 2.75) is 6.92 Å². The molecule has 0 aliphatic carbocycles. The van der Waals surface area contributed by atoms with Crippen molar-refractivity contribution in [2.75, 3.05) is 4.31 Å². The predicted molar refractivity (Wildman–Crippen MR) is 65.4 cm³/mol. The second kappa shape index (κ2) is 3.71. The van der Waals surface area contributed by atoms with Crippen molar-refractivity contribution in [1.29, 1.82) is 0 Å². The Morgan fingerprint density at radius 3 is 3.00 bits per heavy atom. The molecule has 0 radical (unpaired) electrons. The lowest BCUT2D eigenvalue weighted by molar-refractivity contribution is 0.257. The number of anilines is 1. The molecule has 1 aromatic carbocycles. The topological polar surface area (TPSA) is 59.2 Å². The normalized spacial score (nSPS) is 10.5. The Morgan fingerprint density at radius 2 is 2.33 bits per heavy atom. The van der Waals surface area contributed by atoms with Gasteiger partial charge in [-0.25, -0.2) is 14.1 Å². The molecule has 1 aromatic heterocycles. The van der Waals surface area contributed by atoms with Gasteiger partial charge in [0.1, 0.15) is 0 Å². The molecule has 0 saturated heterocycles. The minimum atomic E-state index is -0.630. The summed E-state index contributed by atoms with van der Waals surface area (Å²) in [5, 5.41) is 0.492. The summed E-state index contributed by atoms with van der Waals surface area (Å²) in [5.41, 5.74) is 7.10. The van der Waals surface area contributed by atoms with Crippen molar-refractivity contribution in [3.05, 3.63) is 23.8 Å². The lowest BCUT2D eigenvalue weighted by atomic mass is 10.2. The molecule has 0 spiro atoms. The number of primary amides is 1. The van der Waals surface area contributed by atoms with Crippen LogP contribution in [0.5, 0.6) is 0 Å². The van der Waals surface area contributed by atoms with Crippen LogP contribution >= 0.6 is 24.2 Å². The number of hydrogen-bond donors (Lipinski definition) is 2. The average molecular weight is 239 g/mol. The summed E-state index contributed by atoms with van der Waals surface area (Å²) in [6, 6.07) is 5.26. The molecule has 0 unspecified atom stereocenters. The lowest BCUT2D eigenvalue weighted by Crippen LogP contribution is -2.26. The van der Waals surface area contributed by atoms with Crippen LogP contribution in [0.1, 0.15) is 5.56 Å². The van der Waals surface area contributed by atoms with E-state index in [9.17, 15) is 4.79 Å². The van der Waals surface area contributed by atoms with E-state index in [1.807, 2.05) is 25.1 Å². The number of urea groups is 1. The second-order valence-corrected chi connectivity index (χ2v) is 4.53. The van der Waals surface area contributed by atoms with E-state index in [1.165, 1.54) is 11.3 Å². The Kier molecular flexibility index (Phi) is 2.54. The molecule has 2 amide bonds. The first-order valence-electron chi connectivity index (χ1n) is 4.23. The zero-order chi connectivity index (χ0) is 11.0. The Morgan fingerprint density at radius 1 is 1.60 bits per heavy atom. The van der Waals surface area contributed by atoms with E-state index in [1.54, 1.807) is 0 Å². The highest BCUT2D eigenvalue weighted by atomic mass is 32.1. The highest BCUT2D eigenvalue weighted by Gasteiger charge is 2.13. The Hall–Kier alpha value is -1.27. The maximum atomic E-state index is 10.9. The fraction of sp³-hybridized carbons (Fsp3) is 0.111. The molecule has 2 N–H and O–H groups in total. The van der Waals surface area contributed by atoms with Gasteiger partial charge in [-0.05, 0) is 24.6 Å². The number of fused-ring (bicyclic) bond motifs is 1. The van der Waals surface area contributed by atoms with Gasteiger partial charge in [0.15, 0.2) is 0 Å². The number of thiazole rings is 1. The number of amides is 2. The van der Waals surface area contributed by atoms with E-state index in [2.05, 4.69) is 17.8 Å². The number of nitrogens with zero attached hydrogens (tertiary/aromatic N) is 2. The number of aryl methyl sites for hydroxylation is 1. The van der Waals surface area contributed by atoms with E-state index in [0.29, 0.717) is 5.13 Å². The SMILES string of the molecule is Cc1ccc2nc(N(S)C(N)=O)sc2c1. The summed E-state index contributed by atoms with van der Waals surface area (Å²) < 4.78 is 2.06. The minimum absolute atomic E-state index is 0.492. The van der Waals surface area contributed by atoms with Gasteiger partial charge in [0.25, 0.3) is 0 Å². The number of thiol groups is 1. The summed E-state index contributed by atoms with van der Waals surface area (Å²) in [6.45, 7) is 2.01. The predicted octanol–water partition coefficient (Wildman–Crippen LogP) is 2.33. The summed E-state index contributed by atoms with van der Waals surface area (Å²) in [7, 11) is 0. The lowest BCUT2D eigenvalue weighted by Gasteiger charge is -2.06. The number of carbonyl (C=O) groups excluding carboxylic acids is 1. The van der Waals surface area contributed by atoms with Crippen LogP contribution in [0.15, 0.2) is 18.2 Å². The quantitative estimate of drug-likeness (QED) is 0.750. The number of rotatable bonds is 1. The van der Waals surface area contributed by atoms with E-state index in [4.69, 9.17) is 5.73 Å². The van der Waals surface area contributed by atoms with Crippen molar-refractivity contribution < 1.29 is 4.79 Å². The van der Waals surface area contributed by atoms with Crippen LogP contribution in [-0.2, 0) is 0 Å². The van der Waals surface area contributed by atoms with E-state index in [-0.39, 0.29) is 0 Å². The molecule has 0 saturated carbocycles. The number of hydrogen-bond acceptors (Lipinski definition) is 4. The number of benzene rings is 1. The van der Waals surface area contributed by atoms with Crippen LogP contribution in [0.25, 0.3) is 10.2 Å². The zero-order valence-electron chi connectivity index (χ0n) is 7.97. The Bertz CT molecular complexity index is 523. The van der Waals surface area contributed by atoms with Gasteiger partial charge in [0.05, 0.1) is 10.2 Å². The van der Waals surface area contributed by atoms with Gasteiger partial charge in [0, 0.05) is 0 Å². The first kappa shape index (κ1) is 10.3.